The van der Waals surface area contributed by atoms with Crippen molar-refractivity contribution in [1.29, 1.82) is 0 Å². The zero-order chi connectivity index (χ0) is 13.1. The van der Waals surface area contributed by atoms with Crippen molar-refractivity contribution in [2.45, 2.75) is 71.4 Å². The van der Waals surface area contributed by atoms with Gasteiger partial charge in [0.15, 0.2) is 0 Å². The quantitative estimate of drug-likeness (QED) is 0.806. The van der Waals surface area contributed by atoms with E-state index in [1.54, 1.807) is 0 Å². The van der Waals surface area contributed by atoms with Crippen LogP contribution in [0.25, 0.3) is 0 Å². The van der Waals surface area contributed by atoms with Gasteiger partial charge < -0.3 is 11.1 Å². The zero-order valence-electron chi connectivity index (χ0n) is 12.5. The first kappa shape index (κ1) is 14.3. The molecule has 106 valence electrons. The van der Waals surface area contributed by atoms with Crippen molar-refractivity contribution in [2.24, 2.45) is 29.4 Å². The molecule has 0 spiro atoms. The van der Waals surface area contributed by atoms with E-state index in [2.05, 4.69) is 26.1 Å². The van der Waals surface area contributed by atoms with Crippen LogP contribution < -0.4 is 11.1 Å². The largest absolute Gasteiger partial charge is 0.330 e. The van der Waals surface area contributed by atoms with Crippen molar-refractivity contribution in [3.63, 3.8) is 0 Å². The van der Waals surface area contributed by atoms with E-state index < -0.39 is 0 Å². The Labute approximate surface area is 113 Å². The van der Waals surface area contributed by atoms with Crippen molar-refractivity contribution in [2.75, 3.05) is 6.54 Å². The van der Waals surface area contributed by atoms with Crippen molar-refractivity contribution < 1.29 is 0 Å². The molecule has 2 nitrogen and oxygen atoms in total. The van der Waals surface area contributed by atoms with Gasteiger partial charge in [0, 0.05) is 12.1 Å². The summed E-state index contributed by atoms with van der Waals surface area (Å²) in [5, 5.41) is 4.00. The topological polar surface area (TPSA) is 38.0 Å². The number of hydrogen-bond donors (Lipinski definition) is 2. The number of rotatable bonds is 4. The summed E-state index contributed by atoms with van der Waals surface area (Å²) in [6.07, 6.45) is 8.26. The minimum Gasteiger partial charge on any atom is -0.330 e. The lowest BCUT2D eigenvalue weighted by Crippen LogP contribution is -2.49. The molecule has 2 aliphatic carbocycles. The van der Waals surface area contributed by atoms with E-state index in [9.17, 15) is 0 Å². The lowest BCUT2D eigenvalue weighted by Gasteiger charge is -2.40. The van der Waals surface area contributed by atoms with Gasteiger partial charge >= 0.3 is 0 Å². The molecule has 0 saturated heterocycles. The van der Waals surface area contributed by atoms with E-state index in [4.69, 9.17) is 5.73 Å². The molecule has 5 atom stereocenters. The lowest BCUT2D eigenvalue weighted by atomic mass is 9.73. The van der Waals surface area contributed by atoms with E-state index in [1.165, 1.54) is 38.5 Å². The fourth-order valence-electron chi connectivity index (χ4n) is 4.21. The van der Waals surface area contributed by atoms with Gasteiger partial charge in [0.2, 0.25) is 0 Å². The first-order valence-electron chi connectivity index (χ1n) is 8.08. The number of hydrogen-bond acceptors (Lipinski definition) is 2. The lowest BCUT2D eigenvalue weighted by molar-refractivity contribution is 0.152. The van der Waals surface area contributed by atoms with E-state index >= 15 is 0 Å². The zero-order valence-corrected chi connectivity index (χ0v) is 12.5. The highest BCUT2D eigenvalue weighted by molar-refractivity contribution is 4.91. The maximum Gasteiger partial charge on any atom is 0.0110 e. The molecular weight excluding hydrogens is 220 g/mol. The van der Waals surface area contributed by atoms with E-state index in [0.717, 1.165) is 36.3 Å². The molecule has 0 bridgehead atoms. The molecule has 0 aromatic rings. The molecule has 5 unspecified atom stereocenters. The van der Waals surface area contributed by atoms with Crippen molar-refractivity contribution >= 4 is 0 Å². The van der Waals surface area contributed by atoms with Crippen molar-refractivity contribution in [3.8, 4) is 0 Å². The van der Waals surface area contributed by atoms with Gasteiger partial charge in [-0.05, 0) is 55.9 Å². The van der Waals surface area contributed by atoms with Crippen LogP contribution >= 0.6 is 0 Å². The highest BCUT2D eigenvalue weighted by Gasteiger charge is 2.34. The molecule has 2 rings (SSSR count). The molecular formula is C16H32N2. The summed E-state index contributed by atoms with van der Waals surface area (Å²) in [6, 6.07) is 1.44. The van der Waals surface area contributed by atoms with Gasteiger partial charge in [0.1, 0.15) is 0 Å². The predicted octanol–water partition coefficient (Wildman–Crippen LogP) is 3.16. The maximum atomic E-state index is 5.91. The molecule has 0 radical (unpaired) electrons. The Bertz CT molecular complexity index is 251. The van der Waals surface area contributed by atoms with Gasteiger partial charge in [0.25, 0.3) is 0 Å². The fraction of sp³-hybridized carbons (Fsp3) is 1.00. The second-order valence-electron chi connectivity index (χ2n) is 7.13. The van der Waals surface area contributed by atoms with Crippen LogP contribution in [0.15, 0.2) is 0 Å². The average Bonchev–Trinajstić information content (AvgIpc) is 2.76. The molecule has 0 aromatic carbocycles. The summed E-state index contributed by atoms with van der Waals surface area (Å²) in [4.78, 5) is 0. The summed E-state index contributed by atoms with van der Waals surface area (Å²) >= 11 is 0. The second-order valence-corrected chi connectivity index (χ2v) is 7.13. The normalized spacial score (nSPS) is 41.5. The van der Waals surface area contributed by atoms with Crippen LogP contribution in [0.2, 0.25) is 0 Å². The molecule has 18 heavy (non-hydrogen) atoms. The van der Waals surface area contributed by atoms with Crippen LogP contribution in [0, 0.1) is 23.7 Å². The maximum absolute atomic E-state index is 5.91. The molecule has 2 fully saturated rings. The van der Waals surface area contributed by atoms with Gasteiger partial charge in [-0.15, -0.1) is 0 Å². The minimum atomic E-state index is 0.701. The standard InChI is InChI=1S/C16H32N2/c1-11(2)14-8-7-12(3)9-16(14)18-15-6-4-5-13(15)10-17/h11-16,18H,4-10,17H2,1-3H3. The number of nitrogens with one attached hydrogen (secondary N) is 1. The van der Waals surface area contributed by atoms with E-state index in [1.807, 2.05) is 0 Å². The van der Waals surface area contributed by atoms with Crippen LogP contribution in [0.4, 0.5) is 0 Å². The molecule has 0 aromatic heterocycles. The van der Waals surface area contributed by atoms with Gasteiger partial charge in [-0.3, -0.25) is 0 Å². The van der Waals surface area contributed by atoms with E-state index in [0.29, 0.717) is 6.04 Å². The summed E-state index contributed by atoms with van der Waals surface area (Å²) < 4.78 is 0. The Morgan fingerprint density at radius 1 is 1.11 bits per heavy atom. The van der Waals surface area contributed by atoms with Gasteiger partial charge in [0.05, 0.1) is 0 Å². The molecule has 0 aliphatic heterocycles. The summed E-state index contributed by atoms with van der Waals surface area (Å²) in [5.41, 5.74) is 5.91. The Hall–Kier alpha value is -0.0800. The highest BCUT2D eigenvalue weighted by Crippen LogP contribution is 2.35. The molecule has 2 saturated carbocycles. The van der Waals surface area contributed by atoms with E-state index in [-0.39, 0.29) is 0 Å². The van der Waals surface area contributed by atoms with Crippen LogP contribution in [0.5, 0.6) is 0 Å². The predicted molar refractivity (Wildman–Crippen MR) is 78.5 cm³/mol. The monoisotopic (exact) mass is 252 g/mol. The highest BCUT2D eigenvalue weighted by atomic mass is 15.0. The van der Waals surface area contributed by atoms with Gasteiger partial charge in [-0.2, -0.15) is 0 Å². The third kappa shape index (κ3) is 3.27. The van der Waals surface area contributed by atoms with Gasteiger partial charge in [-0.25, -0.2) is 0 Å². The Morgan fingerprint density at radius 3 is 2.56 bits per heavy atom. The molecule has 3 N–H and O–H groups in total. The Balaban J connectivity index is 1.95. The molecule has 2 aliphatic rings. The summed E-state index contributed by atoms with van der Waals surface area (Å²) in [5.74, 6) is 3.32. The van der Waals surface area contributed by atoms with Crippen LogP contribution in [-0.2, 0) is 0 Å². The molecule has 2 heteroatoms. The van der Waals surface area contributed by atoms with Crippen molar-refractivity contribution in [3.05, 3.63) is 0 Å². The first-order chi connectivity index (χ1) is 8.61. The summed E-state index contributed by atoms with van der Waals surface area (Å²) in [6.45, 7) is 8.07. The molecule has 0 heterocycles. The second kappa shape index (κ2) is 6.38. The molecule has 0 amide bonds. The smallest absolute Gasteiger partial charge is 0.0110 e. The van der Waals surface area contributed by atoms with Gasteiger partial charge in [-0.1, -0.05) is 33.6 Å². The Kier molecular flexibility index (Phi) is 5.08. The first-order valence-corrected chi connectivity index (χ1v) is 8.08. The summed E-state index contributed by atoms with van der Waals surface area (Å²) in [7, 11) is 0. The minimum absolute atomic E-state index is 0.701. The third-order valence-corrected chi connectivity index (χ3v) is 5.41. The van der Waals surface area contributed by atoms with Crippen molar-refractivity contribution in [1.82, 2.24) is 5.32 Å². The average molecular weight is 252 g/mol. The van der Waals surface area contributed by atoms with Crippen LogP contribution in [-0.4, -0.2) is 18.6 Å². The van der Waals surface area contributed by atoms with Crippen LogP contribution in [0.1, 0.15) is 59.3 Å². The third-order valence-electron chi connectivity index (χ3n) is 5.41. The SMILES string of the molecule is CC1CCC(C(C)C)C(NC2CCCC2CN)C1. The van der Waals surface area contributed by atoms with Crippen LogP contribution in [0.3, 0.4) is 0 Å². The number of nitrogens with two attached hydrogens (primary N) is 1. The Morgan fingerprint density at radius 2 is 1.89 bits per heavy atom. The fourth-order valence-corrected chi connectivity index (χ4v) is 4.21.